The van der Waals surface area contributed by atoms with Crippen molar-refractivity contribution in [1.29, 1.82) is 0 Å². The second-order valence-electron chi connectivity index (χ2n) is 10.4. The normalized spacial score (nSPS) is 19.6. The summed E-state index contributed by atoms with van der Waals surface area (Å²) in [5.74, 6) is 0.0630. The number of aromatic nitrogens is 2. The number of nitrogens with one attached hydrogen (secondary N) is 2. The van der Waals surface area contributed by atoms with Crippen molar-refractivity contribution in [2.45, 2.75) is 57.7 Å². The Bertz CT molecular complexity index is 1340. The summed E-state index contributed by atoms with van der Waals surface area (Å²) < 4.78 is 3.75. The van der Waals surface area contributed by atoms with E-state index in [1.54, 1.807) is 23.9 Å². The molecule has 3 aromatic rings. The Balaban J connectivity index is 1.39. The van der Waals surface area contributed by atoms with Crippen molar-refractivity contribution >= 4 is 22.7 Å². The molecular formula is C29H37N5O3. The van der Waals surface area contributed by atoms with Crippen molar-refractivity contribution in [3.8, 4) is 0 Å². The van der Waals surface area contributed by atoms with Gasteiger partial charge in [-0.1, -0.05) is 25.1 Å². The highest BCUT2D eigenvalue weighted by molar-refractivity contribution is 5.86. The van der Waals surface area contributed by atoms with Gasteiger partial charge in [-0.15, -0.1) is 0 Å². The molecule has 1 unspecified atom stereocenters. The van der Waals surface area contributed by atoms with Gasteiger partial charge in [0.05, 0.1) is 5.92 Å². The third kappa shape index (κ3) is 5.49. The topological polar surface area (TPSA) is 88.4 Å². The summed E-state index contributed by atoms with van der Waals surface area (Å²) in [6.45, 7) is 5.14. The summed E-state index contributed by atoms with van der Waals surface area (Å²) in [7, 11) is 1.75. The van der Waals surface area contributed by atoms with E-state index in [1.165, 1.54) is 0 Å². The fraction of sp³-hybridized carbons (Fsp3) is 0.483. The molecule has 5 rings (SSSR count). The first-order valence-electron chi connectivity index (χ1n) is 13.5. The van der Waals surface area contributed by atoms with E-state index < -0.39 is 0 Å². The maximum Gasteiger partial charge on any atom is 0.250 e. The van der Waals surface area contributed by atoms with Gasteiger partial charge in [0.2, 0.25) is 11.8 Å². The van der Waals surface area contributed by atoms with E-state index in [1.807, 2.05) is 25.1 Å². The van der Waals surface area contributed by atoms with E-state index in [0.29, 0.717) is 32.6 Å². The van der Waals surface area contributed by atoms with Gasteiger partial charge in [-0.2, -0.15) is 0 Å². The molecule has 0 bridgehead atoms. The number of piperidine rings is 1. The van der Waals surface area contributed by atoms with Gasteiger partial charge >= 0.3 is 0 Å². The number of aryl methyl sites for hydroxylation is 1. The van der Waals surface area contributed by atoms with Crippen LogP contribution in [0.2, 0.25) is 0 Å². The van der Waals surface area contributed by atoms with Crippen LogP contribution >= 0.6 is 0 Å². The predicted octanol–water partition coefficient (Wildman–Crippen LogP) is 2.75. The molecule has 1 saturated carbocycles. The zero-order valence-corrected chi connectivity index (χ0v) is 21.8. The predicted molar refractivity (Wildman–Crippen MR) is 144 cm³/mol. The summed E-state index contributed by atoms with van der Waals surface area (Å²) >= 11 is 0. The molecular weight excluding hydrogens is 466 g/mol. The lowest BCUT2D eigenvalue weighted by Gasteiger charge is -2.35. The van der Waals surface area contributed by atoms with E-state index in [0.717, 1.165) is 47.8 Å². The monoisotopic (exact) mass is 503 g/mol. The lowest BCUT2D eigenvalue weighted by Crippen LogP contribution is -2.47. The highest BCUT2D eigenvalue weighted by atomic mass is 16.2. The van der Waals surface area contributed by atoms with Gasteiger partial charge in [-0.05, 0) is 55.0 Å². The number of fused-ring (bicyclic) bond motifs is 1. The van der Waals surface area contributed by atoms with E-state index in [2.05, 4.69) is 38.4 Å². The summed E-state index contributed by atoms with van der Waals surface area (Å²) in [5, 5.41) is 7.52. The van der Waals surface area contributed by atoms with Crippen molar-refractivity contribution in [1.82, 2.24) is 24.7 Å². The van der Waals surface area contributed by atoms with Crippen molar-refractivity contribution in [2.24, 2.45) is 13.0 Å². The molecule has 1 aromatic carbocycles. The zero-order chi connectivity index (χ0) is 25.9. The highest BCUT2D eigenvalue weighted by Gasteiger charge is 2.40. The van der Waals surface area contributed by atoms with E-state index in [9.17, 15) is 14.4 Å². The molecule has 2 atom stereocenters. The Hall–Kier alpha value is -3.39. The number of pyridine rings is 1. The molecule has 2 fully saturated rings. The fourth-order valence-corrected chi connectivity index (χ4v) is 5.56. The maximum atomic E-state index is 14.1. The summed E-state index contributed by atoms with van der Waals surface area (Å²) in [4.78, 5) is 40.2. The van der Waals surface area contributed by atoms with Crippen molar-refractivity contribution < 1.29 is 9.59 Å². The zero-order valence-electron chi connectivity index (χ0n) is 21.8. The number of para-hydroxylation sites is 1. The first-order valence-corrected chi connectivity index (χ1v) is 13.5. The molecule has 196 valence electrons. The third-order valence-electron chi connectivity index (χ3n) is 7.83. The number of amides is 2. The Kier molecular flexibility index (Phi) is 7.46. The third-order valence-corrected chi connectivity index (χ3v) is 7.83. The number of hydrogen-bond acceptors (Lipinski definition) is 4. The van der Waals surface area contributed by atoms with Crippen molar-refractivity contribution in [2.75, 3.05) is 19.6 Å². The van der Waals surface area contributed by atoms with Crippen molar-refractivity contribution in [3.63, 3.8) is 0 Å². The van der Waals surface area contributed by atoms with E-state index in [-0.39, 0.29) is 35.3 Å². The standard InChI is InChI=1S/C29H37N5O3/c1-3-27(35)31-13-15-33-18-21(24-6-4-5-7-26(24)33)19-34(22-8-9-22)29(37)25-17-30-12-10-23(25)20-11-14-32(2)28(36)16-20/h4-7,11,14,16,18,22-23,25,30H,3,8-10,12-13,15,17,19H2,1-2H3,(H,31,35)/t23-,25?/m1/s1. The highest BCUT2D eigenvalue weighted by Crippen LogP contribution is 2.36. The largest absolute Gasteiger partial charge is 0.354 e. The number of hydrogen-bond donors (Lipinski definition) is 2. The average molecular weight is 504 g/mol. The lowest BCUT2D eigenvalue weighted by atomic mass is 9.80. The fourth-order valence-electron chi connectivity index (χ4n) is 5.56. The van der Waals surface area contributed by atoms with Crippen LogP contribution in [0.5, 0.6) is 0 Å². The smallest absolute Gasteiger partial charge is 0.250 e. The second kappa shape index (κ2) is 10.9. The minimum atomic E-state index is -0.195. The van der Waals surface area contributed by atoms with Gasteiger partial charge in [-0.3, -0.25) is 14.4 Å². The van der Waals surface area contributed by atoms with E-state index in [4.69, 9.17) is 0 Å². The average Bonchev–Trinajstić information content (AvgIpc) is 3.71. The summed E-state index contributed by atoms with van der Waals surface area (Å²) in [6.07, 6.45) is 7.32. The number of nitrogens with zero attached hydrogens (tertiary/aromatic N) is 3. The number of benzene rings is 1. The molecule has 2 aliphatic rings. The number of carbonyl (C=O) groups excluding carboxylic acids is 2. The number of carbonyl (C=O) groups is 2. The SMILES string of the molecule is CCC(=O)NCCn1cc(CN(C(=O)C2CNCC[C@@H]2c2ccn(C)c(=O)c2)C2CC2)c2ccccc21. The molecule has 1 aliphatic carbocycles. The van der Waals surface area contributed by atoms with Crippen LogP contribution in [0.25, 0.3) is 10.9 Å². The van der Waals surface area contributed by atoms with E-state index >= 15 is 0 Å². The molecule has 37 heavy (non-hydrogen) atoms. The van der Waals surface area contributed by atoms with Crippen LogP contribution in [0.15, 0.2) is 53.6 Å². The van der Waals surface area contributed by atoms with Gasteiger partial charge in [0.1, 0.15) is 0 Å². The molecule has 0 radical (unpaired) electrons. The number of rotatable bonds is 9. The Labute approximate surface area is 217 Å². The van der Waals surface area contributed by atoms with Crippen LogP contribution in [-0.2, 0) is 29.7 Å². The summed E-state index contributed by atoms with van der Waals surface area (Å²) in [6, 6.07) is 12.2. The molecule has 0 spiro atoms. The van der Waals surface area contributed by atoms with Crippen LogP contribution in [0.3, 0.4) is 0 Å². The first-order chi connectivity index (χ1) is 18.0. The molecule has 8 heteroatoms. The van der Waals surface area contributed by atoms with Gasteiger partial charge < -0.3 is 24.7 Å². The maximum absolute atomic E-state index is 14.1. The van der Waals surface area contributed by atoms with Crippen LogP contribution in [0.1, 0.15) is 49.7 Å². The van der Waals surface area contributed by atoms with Crippen LogP contribution in [-0.4, -0.2) is 51.5 Å². The molecule has 2 aromatic heterocycles. The molecule has 1 saturated heterocycles. The van der Waals surface area contributed by atoms with Gasteiger partial charge in [-0.25, -0.2) is 0 Å². The quantitative estimate of drug-likeness (QED) is 0.470. The van der Waals surface area contributed by atoms with Gasteiger partial charge in [0.25, 0.3) is 5.56 Å². The summed E-state index contributed by atoms with van der Waals surface area (Å²) in [5.41, 5.74) is 3.17. The van der Waals surface area contributed by atoms with Crippen LogP contribution in [0, 0.1) is 5.92 Å². The Morgan fingerprint density at radius 3 is 2.73 bits per heavy atom. The molecule has 2 N–H and O–H groups in total. The minimum Gasteiger partial charge on any atom is -0.354 e. The Morgan fingerprint density at radius 2 is 1.97 bits per heavy atom. The molecule has 2 amide bonds. The van der Waals surface area contributed by atoms with Gasteiger partial charge in [0.15, 0.2) is 0 Å². The molecule has 1 aliphatic heterocycles. The molecule has 8 nitrogen and oxygen atoms in total. The second-order valence-corrected chi connectivity index (χ2v) is 10.4. The Morgan fingerprint density at radius 1 is 1.16 bits per heavy atom. The lowest BCUT2D eigenvalue weighted by molar-refractivity contribution is -0.138. The van der Waals surface area contributed by atoms with Crippen molar-refractivity contribution in [3.05, 3.63) is 70.3 Å². The van der Waals surface area contributed by atoms with Gasteiger partial charge in [0, 0.05) is 75.1 Å². The molecule has 3 heterocycles. The van der Waals surface area contributed by atoms with Crippen LogP contribution in [0.4, 0.5) is 0 Å². The van der Waals surface area contributed by atoms with Crippen LogP contribution < -0.4 is 16.2 Å². The minimum absolute atomic E-state index is 0.0346. The first kappa shape index (κ1) is 25.3.